The Bertz CT molecular complexity index is 790. The van der Waals surface area contributed by atoms with Gasteiger partial charge in [-0.15, -0.1) is 0 Å². The number of hydrogen-bond donors (Lipinski definition) is 1. The van der Waals surface area contributed by atoms with Gasteiger partial charge in [-0.25, -0.2) is 9.37 Å². The van der Waals surface area contributed by atoms with Crippen LogP contribution in [0.4, 0.5) is 4.39 Å². The average Bonchev–Trinajstić information content (AvgIpc) is 2.77. The van der Waals surface area contributed by atoms with Gasteiger partial charge in [-0.3, -0.25) is 0 Å². The van der Waals surface area contributed by atoms with E-state index in [0.717, 1.165) is 28.0 Å². The van der Waals surface area contributed by atoms with Gasteiger partial charge in [-0.05, 0) is 49.2 Å². The molecule has 4 heteroatoms. The van der Waals surface area contributed by atoms with Crippen LogP contribution in [0, 0.1) is 12.7 Å². The smallest absolute Gasteiger partial charge is 0.126 e. The van der Waals surface area contributed by atoms with E-state index in [0.29, 0.717) is 6.54 Å². The molecule has 0 aliphatic rings. The molecule has 3 rings (SSSR count). The summed E-state index contributed by atoms with van der Waals surface area (Å²) in [5, 5.41) is 0. The van der Waals surface area contributed by atoms with Crippen molar-refractivity contribution in [2.75, 3.05) is 0 Å². The third-order valence-corrected chi connectivity index (χ3v) is 3.57. The van der Waals surface area contributed by atoms with Crippen LogP contribution in [0.15, 0.2) is 42.5 Å². The lowest BCUT2D eigenvalue weighted by Crippen LogP contribution is -2.14. The molecule has 21 heavy (non-hydrogen) atoms. The fourth-order valence-electron chi connectivity index (χ4n) is 2.59. The highest BCUT2D eigenvalue weighted by atomic mass is 19.1. The minimum absolute atomic E-state index is 0.175. The molecule has 0 spiro atoms. The molecule has 0 amide bonds. The molecule has 108 valence electrons. The molecule has 3 nitrogen and oxygen atoms in total. The fourth-order valence-corrected chi connectivity index (χ4v) is 2.59. The van der Waals surface area contributed by atoms with Crippen molar-refractivity contribution >= 4 is 11.0 Å². The Morgan fingerprint density at radius 3 is 2.76 bits per heavy atom. The van der Waals surface area contributed by atoms with Crippen molar-refractivity contribution in [3.63, 3.8) is 0 Å². The molecule has 0 fully saturated rings. The summed E-state index contributed by atoms with van der Waals surface area (Å²) in [5.74, 6) is 0.593. The molecular formula is C17H18FN3. The van der Waals surface area contributed by atoms with Crippen LogP contribution in [0.1, 0.15) is 29.9 Å². The van der Waals surface area contributed by atoms with Crippen molar-refractivity contribution < 1.29 is 4.39 Å². The number of hydrogen-bond acceptors (Lipinski definition) is 2. The molecule has 0 aliphatic carbocycles. The first-order valence-corrected chi connectivity index (χ1v) is 7.01. The van der Waals surface area contributed by atoms with Crippen molar-refractivity contribution in [3.8, 4) is 0 Å². The van der Waals surface area contributed by atoms with Crippen molar-refractivity contribution in [2.45, 2.75) is 26.4 Å². The number of fused-ring (bicyclic) bond motifs is 1. The summed E-state index contributed by atoms with van der Waals surface area (Å²) >= 11 is 0. The summed E-state index contributed by atoms with van der Waals surface area (Å²) in [6, 6.07) is 12.6. The molecule has 0 saturated carbocycles. The van der Waals surface area contributed by atoms with Gasteiger partial charge in [0.2, 0.25) is 0 Å². The number of halogens is 1. The van der Waals surface area contributed by atoms with E-state index < -0.39 is 0 Å². The first-order chi connectivity index (χ1) is 10.0. The van der Waals surface area contributed by atoms with Crippen molar-refractivity contribution in [1.29, 1.82) is 0 Å². The summed E-state index contributed by atoms with van der Waals surface area (Å²) in [7, 11) is 0. The fraction of sp³-hybridized carbons (Fsp3) is 0.235. The van der Waals surface area contributed by atoms with E-state index in [1.165, 1.54) is 6.07 Å². The van der Waals surface area contributed by atoms with E-state index in [1.54, 1.807) is 12.1 Å². The highest BCUT2D eigenvalue weighted by molar-refractivity contribution is 5.77. The van der Waals surface area contributed by atoms with Gasteiger partial charge in [0.05, 0.1) is 17.1 Å². The van der Waals surface area contributed by atoms with Crippen molar-refractivity contribution in [2.24, 2.45) is 5.73 Å². The lowest BCUT2D eigenvalue weighted by molar-refractivity contribution is 0.620. The zero-order valence-corrected chi connectivity index (χ0v) is 12.2. The monoisotopic (exact) mass is 283 g/mol. The van der Waals surface area contributed by atoms with Gasteiger partial charge in [0.1, 0.15) is 11.6 Å². The quantitative estimate of drug-likeness (QED) is 0.799. The van der Waals surface area contributed by atoms with Gasteiger partial charge in [0.25, 0.3) is 0 Å². The summed E-state index contributed by atoms with van der Waals surface area (Å²) in [4.78, 5) is 4.64. The highest BCUT2D eigenvalue weighted by Gasteiger charge is 2.14. The Morgan fingerprint density at radius 2 is 2.05 bits per heavy atom. The van der Waals surface area contributed by atoms with Gasteiger partial charge < -0.3 is 10.3 Å². The van der Waals surface area contributed by atoms with E-state index in [9.17, 15) is 4.39 Å². The van der Waals surface area contributed by atoms with Gasteiger partial charge in [-0.1, -0.05) is 18.2 Å². The third kappa shape index (κ3) is 2.67. The number of nitrogens with zero attached hydrogens (tertiary/aromatic N) is 2. The largest absolute Gasteiger partial charge is 0.322 e. The molecular weight excluding hydrogens is 265 g/mol. The zero-order chi connectivity index (χ0) is 15.0. The van der Waals surface area contributed by atoms with Crippen molar-refractivity contribution in [1.82, 2.24) is 9.55 Å². The van der Waals surface area contributed by atoms with Gasteiger partial charge >= 0.3 is 0 Å². The van der Waals surface area contributed by atoms with Crippen LogP contribution in [-0.4, -0.2) is 9.55 Å². The number of benzene rings is 2. The highest BCUT2D eigenvalue weighted by Crippen LogP contribution is 2.22. The van der Waals surface area contributed by atoms with E-state index in [-0.39, 0.29) is 11.9 Å². The van der Waals surface area contributed by atoms with Crippen LogP contribution in [0.5, 0.6) is 0 Å². The Balaban J connectivity index is 2.13. The Labute approximate surface area is 123 Å². The number of nitrogens with two attached hydrogens (primary N) is 1. The minimum Gasteiger partial charge on any atom is -0.322 e. The van der Waals surface area contributed by atoms with Gasteiger partial charge in [-0.2, -0.15) is 0 Å². The molecule has 0 bridgehead atoms. The Hall–Kier alpha value is -2.20. The van der Waals surface area contributed by atoms with E-state index in [4.69, 9.17) is 5.73 Å². The second-order valence-corrected chi connectivity index (χ2v) is 5.47. The number of aryl methyl sites for hydroxylation is 1. The molecule has 1 aromatic heterocycles. The average molecular weight is 283 g/mol. The minimum atomic E-state index is -0.227. The summed E-state index contributed by atoms with van der Waals surface area (Å²) in [6.07, 6.45) is 0. The Kier molecular flexibility index (Phi) is 3.47. The second-order valence-electron chi connectivity index (χ2n) is 5.47. The molecule has 1 unspecified atom stereocenters. The van der Waals surface area contributed by atoms with Gasteiger partial charge in [0, 0.05) is 6.54 Å². The number of aromatic nitrogens is 2. The normalized spacial score (nSPS) is 12.8. The molecule has 0 saturated heterocycles. The topological polar surface area (TPSA) is 43.8 Å². The SMILES string of the molecule is Cc1ccc2c(c1)nc(C(C)N)n2Cc1cccc(F)c1. The van der Waals surface area contributed by atoms with Crippen molar-refractivity contribution in [3.05, 3.63) is 65.2 Å². The molecule has 0 aliphatic heterocycles. The second kappa shape index (κ2) is 5.30. The van der Waals surface area contributed by atoms with Crippen LogP contribution in [0.2, 0.25) is 0 Å². The summed E-state index contributed by atoms with van der Waals surface area (Å²) in [5.41, 5.74) is 10.1. The molecule has 2 aromatic carbocycles. The van der Waals surface area contributed by atoms with E-state index in [1.807, 2.05) is 32.0 Å². The predicted octanol–water partition coefficient (Wildman–Crippen LogP) is 3.55. The molecule has 1 atom stereocenters. The molecule has 3 aromatic rings. The molecule has 2 N–H and O–H groups in total. The number of imidazole rings is 1. The van der Waals surface area contributed by atoms with E-state index >= 15 is 0 Å². The van der Waals surface area contributed by atoms with Crippen LogP contribution in [0.25, 0.3) is 11.0 Å². The first kappa shape index (κ1) is 13.8. The maximum absolute atomic E-state index is 13.4. The molecule has 0 radical (unpaired) electrons. The lowest BCUT2D eigenvalue weighted by atomic mass is 10.2. The summed E-state index contributed by atoms with van der Waals surface area (Å²) in [6.45, 7) is 4.51. The van der Waals surface area contributed by atoms with Gasteiger partial charge in [0.15, 0.2) is 0 Å². The van der Waals surface area contributed by atoms with E-state index in [2.05, 4.69) is 15.6 Å². The lowest BCUT2D eigenvalue weighted by Gasteiger charge is -2.11. The van der Waals surface area contributed by atoms with Crippen LogP contribution in [0.3, 0.4) is 0 Å². The zero-order valence-electron chi connectivity index (χ0n) is 12.2. The maximum Gasteiger partial charge on any atom is 0.126 e. The third-order valence-electron chi connectivity index (χ3n) is 3.57. The summed E-state index contributed by atoms with van der Waals surface area (Å²) < 4.78 is 15.4. The standard InChI is InChI=1S/C17H18FN3/c1-11-6-7-16-15(8-11)20-17(12(2)19)21(16)10-13-4-3-5-14(18)9-13/h3-9,12H,10,19H2,1-2H3. The Morgan fingerprint density at radius 1 is 1.24 bits per heavy atom. The van der Waals surface area contributed by atoms with Crippen LogP contribution < -0.4 is 5.73 Å². The maximum atomic E-state index is 13.4. The predicted molar refractivity (Wildman–Crippen MR) is 82.6 cm³/mol. The first-order valence-electron chi connectivity index (χ1n) is 7.01. The number of rotatable bonds is 3. The van der Waals surface area contributed by atoms with Crippen LogP contribution >= 0.6 is 0 Å². The van der Waals surface area contributed by atoms with Crippen LogP contribution in [-0.2, 0) is 6.54 Å². The molecule has 1 heterocycles.